The maximum absolute atomic E-state index is 11.2. The number of phenolic OH excluding ortho intramolecular Hbond substituents is 2. The normalized spacial score (nSPS) is 11.7. The van der Waals surface area contributed by atoms with Gasteiger partial charge >= 0.3 is 5.97 Å². The second-order valence-electron chi connectivity index (χ2n) is 3.32. The van der Waals surface area contributed by atoms with Crippen molar-refractivity contribution in [3.05, 3.63) is 41.7 Å². The van der Waals surface area contributed by atoms with Crippen LogP contribution in [0.15, 0.2) is 36.1 Å². The molecule has 0 radical (unpaired) electrons. The van der Waals surface area contributed by atoms with Gasteiger partial charge in [-0.05, 0) is 23.8 Å². The molecule has 1 aromatic rings. The van der Waals surface area contributed by atoms with Crippen LogP contribution in [-0.2, 0) is 9.59 Å². The first kappa shape index (κ1) is 13.3. The first-order chi connectivity index (χ1) is 8.40. The number of hydrogen-bond donors (Lipinski definition) is 4. The van der Waals surface area contributed by atoms with Crippen molar-refractivity contribution in [2.75, 3.05) is 0 Å². The van der Waals surface area contributed by atoms with E-state index in [1.807, 2.05) is 0 Å². The second kappa shape index (κ2) is 5.53. The van der Waals surface area contributed by atoms with Gasteiger partial charge in [0.1, 0.15) is 0 Å². The molecule has 0 bridgehead atoms. The van der Waals surface area contributed by atoms with Crippen molar-refractivity contribution in [1.82, 2.24) is 0 Å². The molecule has 0 unspecified atom stereocenters. The SMILES string of the molecule is O=C(/C=C(\O)C(=O)O)/C=C/c1ccc(O)c(O)c1. The third kappa shape index (κ3) is 3.67. The number of aliphatic hydroxyl groups is 1. The molecule has 6 nitrogen and oxygen atoms in total. The van der Waals surface area contributed by atoms with Gasteiger partial charge in [0.05, 0.1) is 0 Å². The number of phenols is 2. The minimum Gasteiger partial charge on any atom is -0.504 e. The van der Waals surface area contributed by atoms with Crippen LogP contribution in [0.2, 0.25) is 0 Å². The van der Waals surface area contributed by atoms with E-state index in [4.69, 9.17) is 15.3 Å². The summed E-state index contributed by atoms with van der Waals surface area (Å²) in [6.07, 6.45) is 2.87. The van der Waals surface area contributed by atoms with Gasteiger partial charge in [-0.2, -0.15) is 0 Å². The topological polar surface area (TPSA) is 115 Å². The lowest BCUT2D eigenvalue weighted by molar-refractivity contribution is -0.135. The Morgan fingerprint density at radius 2 is 1.72 bits per heavy atom. The van der Waals surface area contributed by atoms with E-state index in [1.54, 1.807) is 0 Å². The molecule has 0 amide bonds. The number of benzene rings is 1. The maximum Gasteiger partial charge on any atom is 0.371 e. The van der Waals surface area contributed by atoms with Crippen LogP contribution in [0, 0.1) is 0 Å². The fourth-order valence-corrected chi connectivity index (χ4v) is 1.07. The van der Waals surface area contributed by atoms with Gasteiger partial charge in [0.25, 0.3) is 0 Å². The predicted molar refractivity (Wildman–Crippen MR) is 62.2 cm³/mol. The van der Waals surface area contributed by atoms with E-state index in [0.717, 1.165) is 6.08 Å². The molecule has 0 aliphatic heterocycles. The third-order valence-corrected chi connectivity index (χ3v) is 1.94. The zero-order chi connectivity index (χ0) is 13.7. The molecule has 0 spiro atoms. The van der Waals surface area contributed by atoms with Crippen LogP contribution in [0.5, 0.6) is 11.5 Å². The summed E-state index contributed by atoms with van der Waals surface area (Å²) < 4.78 is 0. The average Bonchev–Trinajstić information content (AvgIpc) is 2.30. The van der Waals surface area contributed by atoms with Gasteiger partial charge in [0.15, 0.2) is 17.3 Å². The predicted octanol–water partition coefficient (Wildman–Crippen LogP) is 1.21. The number of hydrogen-bond acceptors (Lipinski definition) is 5. The minimum absolute atomic E-state index is 0.290. The van der Waals surface area contributed by atoms with Crippen LogP contribution >= 0.6 is 0 Å². The Morgan fingerprint density at radius 1 is 1.06 bits per heavy atom. The molecule has 4 N–H and O–H groups in total. The van der Waals surface area contributed by atoms with Crippen LogP contribution < -0.4 is 0 Å². The fraction of sp³-hybridized carbons (Fsp3) is 0. The van der Waals surface area contributed by atoms with Gasteiger partial charge in [-0.25, -0.2) is 4.79 Å². The minimum atomic E-state index is -1.60. The quantitative estimate of drug-likeness (QED) is 0.362. The van der Waals surface area contributed by atoms with Crippen molar-refractivity contribution >= 4 is 17.8 Å². The number of aromatic hydroxyl groups is 2. The number of allylic oxidation sites excluding steroid dienone is 2. The van der Waals surface area contributed by atoms with Crippen LogP contribution in [-0.4, -0.2) is 32.2 Å². The highest BCUT2D eigenvalue weighted by molar-refractivity contribution is 6.05. The molecule has 0 aliphatic carbocycles. The van der Waals surface area contributed by atoms with Crippen molar-refractivity contribution < 1.29 is 30.0 Å². The molecule has 0 heterocycles. The standard InChI is InChI=1S/C12H10O6/c13-8(6-11(16)12(17)18)3-1-7-2-4-9(14)10(15)5-7/h1-6,14-16H,(H,17,18)/b3-1+,11-6-. The van der Waals surface area contributed by atoms with Crippen LogP contribution in [0.1, 0.15) is 5.56 Å². The summed E-state index contributed by atoms with van der Waals surface area (Å²) in [5.74, 6) is -4.00. The molecule has 18 heavy (non-hydrogen) atoms. The summed E-state index contributed by atoms with van der Waals surface area (Å²) >= 11 is 0. The zero-order valence-electron chi connectivity index (χ0n) is 9.07. The molecule has 0 fully saturated rings. The Bertz CT molecular complexity index is 541. The van der Waals surface area contributed by atoms with Crippen molar-refractivity contribution in [1.29, 1.82) is 0 Å². The van der Waals surface area contributed by atoms with Crippen LogP contribution in [0.25, 0.3) is 6.08 Å². The lowest BCUT2D eigenvalue weighted by atomic mass is 10.1. The highest BCUT2D eigenvalue weighted by Gasteiger charge is 2.05. The van der Waals surface area contributed by atoms with E-state index in [-0.39, 0.29) is 11.5 Å². The van der Waals surface area contributed by atoms with E-state index in [9.17, 15) is 14.7 Å². The van der Waals surface area contributed by atoms with Crippen molar-refractivity contribution in [3.63, 3.8) is 0 Å². The molecule has 6 heteroatoms. The molecule has 0 aromatic heterocycles. The number of carboxylic acids is 1. The van der Waals surface area contributed by atoms with Crippen molar-refractivity contribution in [3.8, 4) is 11.5 Å². The van der Waals surface area contributed by atoms with Gasteiger partial charge in [0.2, 0.25) is 5.76 Å². The van der Waals surface area contributed by atoms with Gasteiger partial charge in [0, 0.05) is 6.08 Å². The van der Waals surface area contributed by atoms with Gasteiger partial charge < -0.3 is 20.4 Å². The second-order valence-corrected chi connectivity index (χ2v) is 3.32. The molecule has 0 saturated heterocycles. The van der Waals surface area contributed by atoms with Crippen LogP contribution in [0.3, 0.4) is 0 Å². The Balaban J connectivity index is 2.81. The number of carbonyl (C=O) groups excluding carboxylic acids is 1. The van der Waals surface area contributed by atoms with E-state index < -0.39 is 17.5 Å². The molecular formula is C12H10O6. The number of carboxylic acid groups (broad SMARTS) is 1. The van der Waals surface area contributed by atoms with E-state index in [2.05, 4.69) is 0 Å². The molecule has 0 atom stereocenters. The fourth-order valence-electron chi connectivity index (χ4n) is 1.07. The Kier molecular flexibility index (Phi) is 4.09. The first-order valence-corrected chi connectivity index (χ1v) is 4.78. The van der Waals surface area contributed by atoms with Crippen molar-refractivity contribution in [2.45, 2.75) is 0 Å². The smallest absolute Gasteiger partial charge is 0.371 e. The van der Waals surface area contributed by atoms with Gasteiger partial charge in [-0.15, -0.1) is 0 Å². The number of aliphatic hydroxyl groups excluding tert-OH is 1. The monoisotopic (exact) mass is 250 g/mol. The Morgan fingerprint density at radius 3 is 2.28 bits per heavy atom. The lowest BCUT2D eigenvalue weighted by Crippen LogP contribution is -2.01. The Labute approximate surface area is 102 Å². The van der Waals surface area contributed by atoms with Crippen LogP contribution in [0.4, 0.5) is 0 Å². The molecular weight excluding hydrogens is 240 g/mol. The van der Waals surface area contributed by atoms with E-state index >= 15 is 0 Å². The maximum atomic E-state index is 11.2. The van der Waals surface area contributed by atoms with E-state index in [0.29, 0.717) is 11.6 Å². The first-order valence-electron chi connectivity index (χ1n) is 4.78. The molecule has 0 saturated carbocycles. The molecule has 1 aromatic carbocycles. The zero-order valence-corrected chi connectivity index (χ0v) is 9.07. The summed E-state index contributed by atoms with van der Waals surface area (Å²) in [7, 11) is 0. The highest BCUT2D eigenvalue weighted by atomic mass is 16.4. The van der Waals surface area contributed by atoms with Gasteiger partial charge in [-0.3, -0.25) is 4.79 Å². The van der Waals surface area contributed by atoms with Crippen molar-refractivity contribution in [2.24, 2.45) is 0 Å². The lowest BCUT2D eigenvalue weighted by Gasteiger charge is -1.97. The summed E-state index contributed by atoms with van der Waals surface area (Å²) in [6.45, 7) is 0. The summed E-state index contributed by atoms with van der Waals surface area (Å²) in [6, 6.07) is 3.91. The summed E-state index contributed by atoms with van der Waals surface area (Å²) in [5, 5.41) is 35.4. The largest absolute Gasteiger partial charge is 0.504 e. The summed E-state index contributed by atoms with van der Waals surface area (Å²) in [5.41, 5.74) is 0.432. The average molecular weight is 250 g/mol. The number of aliphatic carboxylic acids is 1. The van der Waals surface area contributed by atoms with E-state index in [1.165, 1.54) is 24.3 Å². The Hall–Kier alpha value is -2.76. The number of rotatable bonds is 4. The third-order valence-electron chi connectivity index (χ3n) is 1.94. The molecule has 1 rings (SSSR count). The van der Waals surface area contributed by atoms with Gasteiger partial charge in [-0.1, -0.05) is 12.1 Å². The number of carbonyl (C=O) groups is 2. The molecule has 0 aliphatic rings. The molecule has 94 valence electrons. The highest BCUT2D eigenvalue weighted by Crippen LogP contribution is 2.25. The summed E-state index contributed by atoms with van der Waals surface area (Å²) in [4.78, 5) is 21.4. The number of ketones is 1.